The Balaban J connectivity index is 2.33. The molecule has 0 aliphatic rings. The lowest BCUT2D eigenvalue weighted by Gasteiger charge is -2.15. The number of pyridine rings is 1. The van der Waals surface area contributed by atoms with Gasteiger partial charge in [-0.1, -0.05) is 12.1 Å². The molecule has 2 aromatic rings. The van der Waals surface area contributed by atoms with E-state index in [0.717, 1.165) is 15.9 Å². The van der Waals surface area contributed by atoms with E-state index in [1.165, 1.54) is 0 Å². The van der Waals surface area contributed by atoms with Gasteiger partial charge in [-0.3, -0.25) is 0 Å². The number of rotatable bonds is 4. The van der Waals surface area contributed by atoms with Gasteiger partial charge in [-0.15, -0.1) is 0 Å². The number of benzene rings is 1. The van der Waals surface area contributed by atoms with Crippen LogP contribution in [0.15, 0.2) is 41.0 Å². The normalized spacial score (nSPS) is 10.2. The fourth-order valence-electron chi connectivity index (χ4n) is 1.68. The molecule has 1 N–H and O–H groups in total. The average molecular weight is 332 g/mol. The second kappa shape index (κ2) is 6.40. The van der Waals surface area contributed by atoms with Gasteiger partial charge in [-0.2, -0.15) is 5.26 Å². The highest BCUT2D eigenvalue weighted by atomic mass is 79.9. The van der Waals surface area contributed by atoms with E-state index in [0.29, 0.717) is 11.4 Å². The summed E-state index contributed by atoms with van der Waals surface area (Å²) in [6.45, 7) is 3.94. The minimum absolute atomic E-state index is 0.0752. The lowest BCUT2D eigenvalue weighted by atomic mass is 10.2. The van der Waals surface area contributed by atoms with Crippen LogP contribution in [-0.2, 0) is 0 Å². The first-order valence-corrected chi connectivity index (χ1v) is 6.98. The van der Waals surface area contributed by atoms with Crippen molar-refractivity contribution in [1.29, 1.82) is 5.26 Å². The number of anilines is 2. The standard InChI is InChI=1S/C15H14BrN3O/c1-10(2)20-14-6-4-3-5-13(14)19-15-11(8-17)7-12(16)9-18-15/h3-7,9-10H,1-2H3,(H,18,19). The van der Waals surface area contributed by atoms with Crippen LogP contribution in [0.4, 0.5) is 11.5 Å². The number of hydrogen-bond donors (Lipinski definition) is 1. The molecule has 0 aliphatic heterocycles. The third kappa shape index (κ3) is 3.49. The van der Waals surface area contributed by atoms with Gasteiger partial charge < -0.3 is 10.1 Å². The first-order valence-electron chi connectivity index (χ1n) is 6.18. The number of aromatic nitrogens is 1. The largest absolute Gasteiger partial charge is 0.489 e. The van der Waals surface area contributed by atoms with Crippen molar-refractivity contribution < 1.29 is 4.74 Å². The van der Waals surface area contributed by atoms with Crippen LogP contribution in [-0.4, -0.2) is 11.1 Å². The van der Waals surface area contributed by atoms with Gasteiger partial charge in [0.1, 0.15) is 17.6 Å². The van der Waals surface area contributed by atoms with Crippen LogP contribution < -0.4 is 10.1 Å². The van der Waals surface area contributed by atoms with Crippen molar-refractivity contribution in [3.8, 4) is 11.8 Å². The highest BCUT2D eigenvalue weighted by Crippen LogP contribution is 2.29. The lowest BCUT2D eigenvalue weighted by molar-refractivity contribution is 0.244. The van der Waals surface area contributed by atoms with Gasteiger partial charge in [0.05, 0.1) is 17.4 Å². The molecule has 0 radical (unpaired) electrons. The molecule has 4 nitrogen and oxygen atoms in total. The second-order valence-electron chi connectivity index (χ2n) is 4.45. The summed E-state index contributed by atoms with van der Waals surface area (Å²) in [6, 6.07) is 11.4. The van der Waals surface area contributed by atoms with Crippen LogP contribution >= 0.6 is 15.9 Å². The van der Waals surface area contributed by atoms with E-state index in [2.05, 4.69) is 32.3 Å². The molecule has 0 saturated carbocycles. The molecule has 1 aromatic heterocycles. The van der Waals surface area contributed by atoms with E-state index in [9.17, 15) is 0 Å². The number of para-hydroxylation sites is 2. The summed E-state index contributed by atoms with van der Waals surface area (Å²) in [6.07, 6.45) is 1.72. The maximum absolute atomic E-state index is 9.15. The summed E-state index contributed by atoms with van der Waals surface area (Å²) in [7, 11) is 0. The monoisotopic (exact) mass is 331 g/mol. The highest BCUT2D eigenvalue weighted by molar-refractivity contribution is 9.10. The molecular formula is C15H14BrN3O. The van der Waals surface area contributed by atoms with Crippen molar-refractivity contribution >= 4 is 27.4 Å². The van der Waals surface area contributed by atoms with E-state index in [-0.39, 0.29) is 6.10 Å². The molecule has 0 spiro atoms. The predicted octanol–water partition coefficient (Wildman–Crippen LogP) is 4.25. The van der Waals surface area contributed by atoms with Crippen molar-refractivity contribution in [2.45, 2.75) is 20.0 Å². The molecule has 0 aliphatic carbocycles. The molecule has 20 heavy (non-hydrogen) atoms. The first-order chi connectivity index (χ1) is 9.60. The van der Waals surface area contributed by atoms with Crippen LogP contribution in [0.25, 0.3) is 0 Å². The number of hydrogen-bond acceptors (Lipinski definition) is 4. The molecule has 5 heteroatoms. The second-order valence-corrected chi connectivity index (χ2v) is 5.36. The van der Waals surface area contributed by atoms with E-state index in [1.54, 1.807) is 12.3 Å². The number of nitriles is 1. The van der Waals surface area contributed by atoms with Crippen molar-refractivity contribution in [2.75, 3.05) is 5.32 Å². The van der Waals surface area contributed by atoms with Crippen LogP contribution in [0.3, 0.4) is 0 Å². The number of halogens is 1. The van der Waals surface area contributed by atoms with Gasteiger partial charge in [0, 0.05) is 10.7 Å². The Morgan fingerprint density at radius 2 is 2.10 bits per heavy atom. The van der Waals surface area contributed by atoms with Gasteiger partial charge in [0.15, 0.2) is 0 Å². The molecular weight excluding hydrogens is 318 g/mol. The minimum atomic E-state index is 0.0752. The molecule has 0 amide bonds. The third-order valence-electron chi connectivity index (χ3n) is 2.48. The minimum Gasteiger partial charge on any atom is -0.489 e. The van der Waals surface area contributed by atoms with E-state index >= 15 is 0 Å². The number of ether oxygens (including phenoxy) is 1. The molecule has 102 valence electrons. The molecule has 0 bridgehead atoms. The Morgan fingerprint density at radius 1 is 1.35 bits per heavy atom. The molecule has 0 saturated heterocycles. The van der Waals surface area contributed by atoms with Gasteiger partial charge in [0.25, 0.3) is 0 Å². The van der Waals surface area contributed by atoms with E-state index in [1.807, 2.05) is 38.1 Å². The van der Waals surface area contributed by atoms with Crippen molar-refractivity contribution in [2.24, 2.45) is 0 Å². The Labute approximate surface area is 126 Å². The zero-order chi connectivity index (χ0) is 14.5. The predicted molar refractivity (Wildman–Crippen MR) is 82.1 cm³/mol. The Kier molecular flexibility index (Phi) is 4.59. The zero-order valence-corrected chi connectivity index (χ0v) is 12.8. The Hall–Kier alpha value is -2.06. The van der Waals surface area contributed by atoms with Gasteiger partial charge >= 0.3 is 0 Å². The first kappa shape index (κ1) is 14.4. The van der Waals surface area contributed by atoms with Crippen LogP contribution in [0.1, 0.15) is 19.4 Å². The highest BCUT2D eigenvalue weighted by Gasteiger charge is 2.09. The quantitative estimate of drug-likeness (QED) is 0.909. The Bertz CT molecular complexity index is 650. The van der Waals surface area contributed by atoms with Gasteiger partial charge in [-0.05, 0) is 48.0 Å². The fraction of sp³-hybridized carbons (Fsp3) is 0.200. The maximum atomic E-state index is 9.15. The smallest absolute Gasteiger partial charge is 0.148 e. The van der Waals surface area contributed by atoms with Gasteiger partial charge in [0.2, 0.25) is 0 Å². The fourth-order valence-corrected chi connectivity index (χ4v) is 2.01. The summed E-state index contributed by atoms with van der Waals surface area (Å²) < 4.78 is 6.50. The van der Waals surface area contributed by atoms with Crippen molar-refractivity contribution in [3.05, 3.63) is 46.6 Å². The molecule has 0 fully saturated rings. The number of nitrogens with one attached hydrogen (secondary N) is 1. The summed E-state index contributed by atoms with van der Waals surface area (Å²) in [4.78, 5) is 4.23. The zero-order valence-electron chi connectivity index (χ0n) is 11.2. The van der Waals surface area contributed by atoms with Crippen LogP contribution in [0, 0.1) is 11.3 Å². The number of nitrogens with zero attached hydrogens (tertiary/aromatic N) is 2. The Morgan fingerprint density at radius 3 is 2.80 bits per heavy atom. The maximum Gasteiger partial charge on any atom is 0.148 e. The van der Waals surface area contributed by atoms with E-state index < -0.39 is 0 Å². The molecule has 0 atom stereocenters. The topological polar surface area (TPSA) is 57.9 Å². The van der Waals surface area contributed by atoms with Crippen LogP contribution in [0.5, 0.6) is 5.75 Å². The molecule has 0 unspecified atom stereocenters. The van der Waals surface area contributed by atoms with Crippen LogP contribution in [0.2, 0.25) is 0 Å². The molecule has 1 aromatic carbocycles. The average Bonchev–Trinajstić information content (AvgIpc) is 2.42. The van der Waals surface area contributed by atoms with Crippen molar-refractivity contribution in [1.82, 2.24) is 4.98 Å². The summed E-state index contributed by atoms with van der Waals surface area (Å²) in [5, 5.41) is 12.3. The molecule has 2 rings (SSSR count). The van der Waals surface area contributed by atoms with E-state index in [4.69, 9.17) is 10.00 Å². The summed E-state index contributed by atoms with van der Waals surface area (Å²) >= 11 is 3.30. The van der Waals surface area contributed by atoms with Gasteiger partial charge in [-0.25, -0.2) is 4.98 Å². The van der Waals surface area contributed by atoms with Crippen molar-refractivity contribution in [3.63, 3.8) is 0 Å². The molecule has 1 heterocycles. The summed E-state index contributed by atoms with van der Waals surface area (Å²) in [5.41, 5.74) is 1.26. The SMILES string of the molecule is CC(C)Oc1ccccc1Nc1ncc(Br)cc1C#N. The lowest BCUT2D eigenvalue weighted by Crippen LogP contribution is -2.07. The summed E-state index contributed by atoms with van der Waals surface area (Å²) in [5.74, 6) is 1.24. The third-order valence-corrected chi connectivity index (χ3v) is 2.91.